The third kappa shape index (κ3) is 3.75. The molecule has 0 bridgehead atoms. The molecule has 0 saturated heterocycles. The minimum Gasteiger partial charge on any atom is -0.366 e. The highest BCUT2D eigenvalue weighted by Gasteiger charge is 2.33. The van der Waals surface area contributed by atoms with Gasteiger partial charge in [-0.1, -0.05) is 24.3 Å². The first-order chi connectivity index (χ1) is 11.4. The largest absolute Gasteiger partial charge is 0.366 e. The van der Waals surface area contributed by atoms with Crippen LogP contribution in [0.25, 0.3) is 10.8 Å². The van der Waals surface area contributed by atoms with E-state index in [0.717, 1.165) is 5.39 Å². The van der Waals surface area contributed by atoms with E-state index in [-0.39, 0.29) is 24.6 Å². The monoisotopic (exact) mass is 352 g/mol. The molecular weight excluding hydrogens is 331 g/mol. The van der Waals surface area contributed by atoms with Crippen LogP contribution >= 0.6 is 7.60 Å². The maximum Gasteiger partial charge on any atom is 0.352 e. The zero-order valence-corrected chi connectivity index (χ0v) is 14.8. The standard InChI is InChI=1S/C16H21N2O5P/c1-4-22-24(21,23-5-2)12(3)17-15-11-10-13-8-6-7-9-14(13)16(15)18(19)20/h6-12,17H,4-5H2,1-3H3. The Kier molecular flexibility index (Phi) is 5.94. The normalized spacial score (nSPS) is 13.0. The van der Waals surface area contributed by atoms with Crippen LogP contribution in [-0.2, 0) is 13.6 Å². The van der Waals surface area contributed by atoms with Crippen molar-refractivity contribution in [1.29, 1.82) is 0 Å². The first kappa shape index (κ1) is 18.4. The van der Waals surface area contributed by atoms with Gasteiger partial charge in [-0.15, -0.1) is 0 Å². The summed E-state index contributed by atoms with van der Waals surface area (Å²) in [6.45, 7) is 5.52. The van der Waals surface area contributed by atoms with Gasteiger partial charge in [0.1, 0.15) is 11.5 Å². The van der Waals surface area contributed by atoms with E-state index in [1.165, 1.54) is 0 Å². The van der Waals surface area contributed by atoms with E-state index in [9.17, 15) is 14.7 Å². The number of nitrogens with zero attached hydrogens (tertiary/aromatic N) is 1. The molecule has 0 aliphatic rings. The summed E-state index contributed by atoms with van der Waals surface area (Å²) in [5, 5.41) is 15.8. The number of benzene rings is 2. The van der Waals surface area contributed by atoms with Crippen molar-refractivity contribution in [3.05, 3.63) is 46.5 Å². The Labute approximate surface area is 140 Å². The third-order valence-electron chi connectivity index (χ3n) is 3.54. The average Bonchev–Trinajstić information content (AvgIpc) is 2.54. The molecule has 2 aromatic rings. The van der Waals surface area contributed by atoms with Crippen LogP contribution in [0.2, 0.25) is 0 Å². The van der Waals surface area contributed by atoms with Gasteiger partial charge in [0, 0.05) is 0 Å². The number of hydrogen-bond acceptors (Lipinski definition) is 6. The summed E-state index contributed by atoms with van der Waals surface area (Å²) in [5.41, 5.74) is 0.227. The quantitative estimate of drug-likeness (QED) is 0.418. The number of nitro benzene ring substituents is 1. The maximum absolute atomic E-state index is 12.8. The second kappa shape index (κ2) is 7.75. The summed E-state index contributed by atoms with van der Waals surface area (Å²) in [6.07, 6.45) is 0. The predicted molar refractivity (Wildman–Crippen MR) is 94.5 cm³/mol. The van der Waals surface area contributed by atoms with Gasteiger partial charge < -0.3 is 14.4 Å². The lowest BCUT2D eigenvalue weighted by atomic mass is 10.1. The highest BCUT2D eigenvalue weighted by molar-refractivity contribution is 7.54. The SMILES string of the molecule is CCOP(=O)(OCC)C(C)Nc1ccc2ccccc2c1[N+](=O)[O-]. The molecule has 0 amide bonds. The molecule has 0 aliphatic carbocycles. The maximum atomic E-state index is 12.8. The van der Waals surface area contributed by atoms with Crippen molar-refractivity contribution in [3.8, 4) is 0 Å². The van der Waals surface area contributed by atoms with Crippen LogP contribution in [0.4, 0.5) is 11.4 Å². The number of anilines is 1. The van der Waals surface area contributed by atoms with Crippen LogP contribution in [0.5, 0.6) is 0 Å². The van der Waals surface area contributed by atoms with E-state index in [4.69, 9.17) is 9.05 Å². The van der Waals surface area contributed by atoms with Crippen LogP contribution in [0.3, 0.4) is 0 Å². The molecule has 0 fully saturated rings. The lowest BCUT2D eigenvalue weighted by Crippen LogP contribution is -2.19. The molecule has 2 rings (SSSR count). The summed E-state index contributed by atoms with van der Waals surface area (Å²) in [4.78, 5) is 11.1. The summed E-state index contributed by atoms with van der Waals surface area (Å²) in [5.74, 6) is -0.725. The van der Waals surface area contributed by atoms with Crippen LogP contribution in [-0.4, -0.2) is 23.9 Å². The van der Waals surface area contributed by atoms with Gasteiger partial charge in [-0.3, -0.25) is 14.7 Å². The van der Waals surface area contributed by atoms with Gasteiger partial charge in [0.15, 0.2) is 0 Å². The first-order valence-corrected chi connectivity index (χ1v) is 9.35. The van der Waals surface area contributed by atoms with E-state index >= 15 is 0 Å². The van der Waals surface area contributed by atoms with Crippen molar-refractivity contribution in [3.63, 3.8) is 0 Å². The number of hydrogen-bond donors (Lipinski definition) is 1. The highest BCUT2D eigenvalue weighted by atomic mass is 31.2. The topological polar surface area (TPSA) is 90.7 Å². The molecule has 0 aliphatic heterocycles. The molecule has 0 spiro atoms. The third-order valence-corrected chi connectivity index (χ3v) is 5.85. The second-order valence-electron chi connectivity index (χ2n) is 5.14. The van der Waals surface area contributed by atoms with Gasteiger partial charge >= 0.3 is 7.60 Å². The molecule has 2 aromatic carbocycles. The van der Waals surface area contributed by atoms with Crippen molar-refractivity contribution in [1.82, 2.24) is 0 Å². The number of fused-ring (bicyclic) bond motifs is 1. The Bertz CT molecular complexity index is 770. The number of rotatable bonds is 8. The Balaban J connectivity index is 2.43. The zero-order chi connectivity index (χ0) is 17.7. The zero-order valence-electron chi connectivity index (χ0n) is 13.9. The van der Waals surface area contributed by atoms with Crippen molar-refractivity contribution in [2.75, 3.05) is 18.5 Å². The predicted octanol–water partition coefficient (Wildman–Crippen LogP) is 4.77. The lowest BCUT2D eigenvalue weighted by Gasteiger charge is -2.24. The summed E-state index contributed by atoms with van der Waals surface area (Å²) < 4.78 is 23.4. The van der Waals surface area contributed by atoms with Crippen LogP contribution in [0.1, 0.15) is 20.8 Å². The first-order valence-electron chi connectivity index (χ1n) is 7.74. The van der Waals surface area contributed by atoms with Crippen LogP contribution in [0, 0.1) is 10.1 Å². The second-order valence-corrected chi connectivity index (χ2v) is 7.51. The van der Waals surface area contributed by atoms with Gasteiger partial charge in [0.05, 0.1) is 23.5 Å². The van der Waals surface area contributed by atoms with Crippen LogP contribution < -0.4 is 5.32 Å². The molecule has 8 heteroatoms. The molecule has 1 unspecified atom stereocenters. The molecule has 7 nitrogen and oxygen atoms in total. The van der Waals surface area contributed by atoms with E-state index in [0.29, 0.717) is 5.39 Å². The van der Waals surface area contributed by atoms with Crippen molar-refractivity contribution < 1.29 is 18.5 Å². The average molecular weight is 352 g/mol. The fourth-order valence-electron chi connectivity index (χ4n) is 2.49. The summed E-state index contributed by atoms with van der Waals surface area (Å²) in [7, 11) is -3.42. The molecule has 1 atom stereocenters. The van der Waals surface area contributed by atoms with Crippen LogP contribution in [0.15, 0.2) is 36.4 Å². The van der Waals surface area contributed by atoms with Gasteiger partial charge in [-0.2, -0.15) is 0 Å². The molecular formula is C16H21N2O5P. The fourth-order valence-corrected chi connectivity index (χ4v) is 4.03. The van der Waals surface area contributed by atoms with Crippen molar-refractivity contribution in [2.45, 2.75) is 26.6 Å². The molecule has 0 aromatic heterocycles. The van der Waals surface area contributed by atoms with Crippen molar-refractivity contribution >= 4 is 29.7 Å². The molecule has 24 heavy (non-hydrogen) atoms. The van der Waals surface area contributed by atoms with E-state index < -0.39 is 18.3 Å². The summed E-state index contributed by atoms with van der Waals surface area (Å²) >= 11 is 0. The van der Waals surface area contributed by atoms with Gasteiger partial charge in [0.25, 0.3) is 5.69 Å². The van der Waals surface area contributed by atoms with Gasteiger partial charge in [-0.05, 0) is 38.3 Å². The highest BCUT2D eigenvalue weighted by Crippen LogP contribution is 2.53. The number of nitrogens with one attached hydrogen (secondary N) is 1. The minimum atomic E-state index is -3.42. The molecule has 1 N–H and O–H groups in total. The Morgan fingerprint density at radius 3 is 2.38 bits per heavy atom. The smallest absolute Gasteiger partial charge is 0.352 e. The Hall–Kier alpha value is -1.95. The summed E-state index contributed by atoms with van der Waals surface area (Å²) in [6, 6.07) is 10.5. The Morgan fingerprint density at radius 2 is 1.79 bits per heavy atom. The molecule has 130 valence electrons. The molecule has 0 saturated carbocycles. The van der Waals surface area contributed by atoms with E-state index in [2.05, 4.69) is 5.32 Å². The fraction of sp³-hybridized carbons (Fsp3) is 0.375. The molecule has 0 heterocycles. The van der Waals surface area contributed by atoms with Gasteiger partial charge in [-0.25, -0.2) is 0 Å². The van der Waals surface area contributed by atoms with E-state index in [1.54, 1.807) is 51.1 Å². The molecule has 0 radical (unpaired) electrons. The van der Waals surface area contributed by atoms with E-state index in [1.807, 2.05) is 6.07 Å². The number of nitro groups is 1. The minimum absolute atomic E-state index is 0.0560. The lowest BCUT2D eigenvalue weighted by molar-refractivity contribution is -0.382. The van der Waals surface area contributed by atoms with Gasteiger partial charge in [0.2, 0.25) is 0 Å². The van der Waals surface area contributed by atoms with Crippen molar-refractivity contribution in [2.24, 2.45) is 0 Å². The Morgan fingerprint density at radius 1 is 1.17 bits per heavy atom.